The van der Waals surface area contributed by atoms with Crippen molar-refractivity contribution in [2.75, 3.05) is 17.8 Å². The lowest BCUT2D eigenvalue weighted by Gasteiger charge is -2.49. The Morgan fingerprint density at radius 2 is 2.26 bits per heavy atom. The number of nitrogens with one attached hydrogen (secondary N) is 1. The van der Waals surface area contributed by atoms with Crippen molar-refractivity contribution in [1.82, 2.24) is 10.2 Å². The maximum absolute atomic E-state index is 12.0. The highest BCUT2D eigenvalue weighted by atomic mass is 32.2. The van der Waals surface area contributed by atoms with E-state index in [-0.39, 0.29) is 22.9 Å². The van der Waals surface area contributed by atoms with Crippen molar-refractivity contribution in [3.8, 4) is 0 Å². The van der Waals surface area contributed by atoms with Gasteiger partial charge in [0, 0.05) is 18.4 Å². The number of rotatable bonds is 4. The van der Waals surface area contributed by atoms with Crippen molar-refractivity contribution in [2.24, 2.45) is 0 Å². The third-order valence-corrected chi connectivity index (χ3v) is 4.90. The molecular weight excluding hydrogens is 288 g/mol. The molecule has 0 bridgehead atoms. The smallest absolute Gasteiger partial charge is 0.352 e. The minimum atomic E-state index is -1.08. The minimum absolute atomic E-state index is 0.0877. The van der Waals surface area contributed by atoms with Gasteiger partial charge < -0.3 is 10.4 Å². The number of aliphatic carboxylic acids is 1. The molecule has 0 radical (unpaired) electrons. The van der Waals surface area contributed by atoms with E-state index in [1.165, 1.54) is 35.3 Å². The Balaban J connectivity index is 2.25. The number of amides is 2. The first kappa shape index (κ1) is 14.3. The highest BCUT2D eigenvalue weighted by Crippen LogP contribution is 2.40. The lowest BCUT2D eigenvalue weighted by Crippen LogP contribution is -2.70. The van der Waals surface area contributed by atoms with Gasteiger partial charge in [0.15, 0.2) is 0 Å². The number of hydrogen-bond donors (Lipinski definition) is 2. The average Bonchev–Trinajstić information content (AvgIpc) is 2.35. The molecule has 0 aromatic rings. The summed E-state index contributed by atoms with van der Waals surface area (Å²) in [7, 11) is 0. The zero-order valence-corrected chi connectivity index (χ0v) is 12.1. The summed E-state index contributed by atoms with van der Waals surface area (Å²) in [5, 5.41) is 11.6. The average molecular weight is 302 g/mol. The van der Waals surface area contributed by atoms with Gasteiger partial charge in [-0.25, -0.2) is 4.79 Å². The van der Waals surface area contributed by atoms with E-state index in [1.54, 1.807) is 0 Å². The number of nitrogens with zero attached hydrogens (tertiary/aromatic N) is 1. The number of carboxylic acid groups (broad SMARTS) is 1. The van der Waals surface area contributed by atoms with Gasteiger partial charge in [-0.15, -0.1) is 11.8 Å². The van der Waals surface area contributed by atoms with Crippen LogP contribution >= 0.6 is 23.5 Å². The summed E-state index contributed by atoms with van der Waals surface area (Å²) in [5.74, 6) is -0.537. The van der Waals surface area contributed by atoms with Crippen LogP contribution in [-0.4, -0.2) is 57.0 Å². The summed E-state index contributed by atoms with van der Waals surface area (Å²) in [6, 6.07) is -0.604. The van der Waals surface area contributed by atoms with Crippen LogP contribution in [0.2, 0.25) is 0 Å². The van der Waals surface area contributed by atoms with Gasteiger partial charge in [0.25, 0.3) is 5.91 Å². The van der Waals surface area contributed by atoms with Crippen molar-refractivity contribution >= 4 is 41.3 Å². The van der Waals surface area contributed by atoms with Crippen LogP contribution in [0, 0.1) is 0 Å². The summed E-state index contributed by atoms with van der Waals surface area (Å²) in [6.45, 7) is 1.34. The molecule has 2 rings (SSSR count). The molecular formula is C11H14N2O4S2. The molecule has 2 heterocycles. The molecule has 0 saturated carbocycles. The number of carbonyl (C=O) groups is 3. The van der Waals surface area contributed by atoms with Crippen LogP contribution in [0.25, 0.3) is 0 Å². The lowest BCUT2D eigenvalue weighted by molar-refractivity contribution is -0.150. The Labute approximate surface area is 119 Å². The summed E-state index contributed by atoms with van der Waals surface area (Å²) in [6.07, 6.45) is 1.89. The first-order valence-corrected chi connectivity index (χ1v) is 8.07. The van der Waals surface area contributed by atoms with Crippen LogP contribution < -0.4 is 5.32 Å². The summed E-state index contributed by atoms with van der Waals surface area (Å²) >= 11 is 3.02. The Morgan fingerprint density at radius 1 is 1.58 bits per heavy atom. The zero-order valence-electron chi connectivity index (χ0n) is 10.5. The number of thioether (sulfide) groups is 2. The van der Waals surface area contributed by atoms with Crippen molar-refractivity contribution in [2.45, 2.75) is 18.3 Å². The van der Waals surface area contributed by atoms with Crippen LogP contribution in [0.1, 0.15) is 6.92 Å². The van der Waals surface area contributed by atoms with E-state index in [2.05, 4.69) is 5.32 Å². The van der Waals surface area contributed by atoms with Gasteiger partial charge >= 0.3 is 5.97 Å². The molecule has 2 aliphatic rings. The summed E-state index contributed by atoms with van der Waals surface area (Å²) in [4.78, 5) is 35.7. The number of carbonyl (C=O) groups excluding carboxylic acids is 2. The standard InChI is InChI=1S/C11H14N2O4S2/c1-5(14)12-7-9(15)13-8(11(16)17)6(3-18-2)4-19-10(7)13/h7,10H,3-4H2,1-2H3,(H,12,14)(H,16,17). The monoisotopic (exact) mass is 302 g/mol. The maximum Gasteiger partial charge on any atom is 0.352 e. The number of hydrogen-bond acceptors (Lipinski definition) is 5. The van der Waals surface area contributed by atoms with E-state index in [0.29, 0.717) is 11.5 Å². The molecule has 0 aliphatic carbocycles. The SMILES string of the molecule is CSCC1=C(C(=O)O)N2C(=O)C(NC(C)=O)C2SC1. The van der Waals surface area contributed by atoms with Crippen LogP contribution in [0.15, 0.2) is 11.3 Å². The van der Waals surface area contributed by atoms with Crippen LogP contribution in [0.3, 0.4) is 0 Å². The fourth-order valence-electron chi connectivity index (χ4n) is 2.19. The molecule has 2 aliphatic heterocycles. The van der Waals surface area contributed by atoms with Crippen molar-refractivity contribution < 1.29 is 19.5 Å². The second-order valence-electron chi connectivity index (χ2n) is 4.28. The zero-order chi connectivity index (χ0) is 14.2. The molecule has 104 valence electrons. The molecule has 0 spiro atoms. The molecule has 1 fully saturated rings. The first-order valence-electron chi connectivity index (χ1n) is 5.63. The number of carboxylic acids is 1. The largest absolute Gasteiger partial charge is 0.477 e. The summed E-state index contributed by atoms with van der Waals surface area (Å²) < 4.78 is 0. The van der Waals surface area contributed by atoms with Gasteiger partial charge in [0.05, 0.1) is 0 Å². The number of fused-ring (bicyclic) bond motifs is 1. The highest BCUT2D eigenvalue weighted by Gasteiger charge is 2.53. The normalized spacial score (nSPS) is 25.8. The molecule has 2 atom stereocenters. The number of β-lactam (4-membered cyclic amide) rings is 1. The molecule has 0 aromatic heterocycles. The third-order valence-electron chi connectivity index (χ3n) is 2.93. The fourth-order valence-corrected chi connectivity index (χ4v) is 4.25. The quantitative estimate of drug-likeness (QED) is 0.717. The van der Waals surface area contributed by atoms with Crippen molar-refractivity contribution in [1.29, 1.82) is 0 Å². The molecule has 0 aromatic carbocycles. The van der Waals surface area contributed by atoms with Gasteiger partial charge in [-0.3, -0.25) is 14.5 Å². The molecule has 19 heavy (non-hydrogen) atoms. The van der Waals surface area contributed by atoms with E-state index in [0.717, 1.165) is 5.57 Å². The van der Waals surface area contributed by atoms with E-state index in [1.807, 2.05) is 6.26 Å². The second kappa shape index (κ2) is 5.46. The Hall–Kier alpha value is -1.15. The molecule has 2 unspecified atom stereocenters. The van der Waals surface area contributed by atoms with Crippen molar-refractivity contribution in [3.05, 3.63) is 11.3 Å². The second-order valence-corrected chi connectivity index (χ2v) is 6.25. The Morgan fingerprint density at radius 3 is 2.79 bits per heavy atom. The van der Waals surface area contributed by atoms with Crippen LogP contribution in [0.4, 0.5) is 0 Å². The highest BCUT2D eigenvalue weighted by molar-refractivity contribution is 8.00. The predicted octanol–water partition coefficient (Wildman–Crippen LogP) is 0.108. The fraction of sp³-hybridized carbons (Fsp3) is 0.545. The van der Waals surface area contributed by atoms with Gasteiger partial charge in [-0.05, 0) is 11.8 Å². The maximum atomic E-state index is 12.0. The molecule has 2 N–H and O–H groups in total. The van der Waals surface area contributed by atoms with Gasteiger partial charge in [0.2, 0.25) is 5.91 Å². The van der Waals surface area contributed by atoms with E-state index in [4.69, 9.17) is 0 Å². The van der Waals surface area contributed by atoms with E-state index >= 15 is 0 Å². The predicted molar refractivity (Wildman–Crippen MR) is 73.7 cm³/mol. The Kier molecular flexibility index (Phi) is 4.10. The molecule has 6 nitrogen and oxygen atoms in total. The topological polar surface area (TPSA) is 86.7 Å². The minimum Gasteiger partial charge on any atom is -0.477 e. The molecule has 2 amide bonds. The van der Waals surface area contributed by atoms with Gasteiger partial charge in [-0.1, -0.05) is 0 Å². The Bertz CT molecular complexity index is 477. The third kappa shape index (κ3) is 2.46. The van der Waals surface area contributed by atoms with Crippen LogP contribution in [0.5, 0.6) is 0 Å². The first-order chi connectivity index (χ1) is 8.97. The van der Waals surface area contributed by atoms with E-state index < -0.39 is 12.0 Å². The molecule has 8 heteroatoms. The van der Waals surface area contributed by atoms with Crippen LogP contribution in [-0.2, 0) is 14.4 Å². The summed E-state index contributed by atoms with van der Waals surface area (Å²) in [5.41, 5.74) is 0.848. The van der Waals surface area contributed by atoms with Crippen molar-refractivity contribution in [3.63, 3.8) is 0 Å². The van der Waals surface area contributed by atoms with Gasteiger partial charge in [-0.2, -0.15) is 11.8 Å². The lowest BCUT2D eigenvalue weighted by atomic mass is 10.0. The van der Waals surface area contributed by atoms with Gasteiger partial charge in [0.1, 0.15) is 17.1 Å². The molecule has 1 saturated heterocycles. The van der Waals surface area contributed by atoms with E-state index in [9.17, 15) is 19.5 Å².